The molecule has 1 aromatic carbocycles. The van der Waals surface area contributed by atoms with Gasteiger partial charge in [0.15, 0.2) is 6.10 Å². The minimum atomic E-state index is -2.00. The van der Waals surface area contributed by atoms with Crippen LogP contribution < -0.4 is 10.1 Å². The lowest BCUT2D eigenvalue weighted by molar-refractivity contribution is -0.652. The highest BCUT2D eigenvalue weighted by Crippen LogP contribution is 2.33. The number of benzene rings is 1. The number of rotatable bonds is 25. The van der Waals surface area contributed by atoms with E-state index in [9.17, 15) is 9.69 Å². The van der Waals surface area contributed by atoms with Gasteiger partial charge in [0.05, 0.1) is 26.3 Å². The van der Waals surface area contributed by atoms with Crippen molar-refractivity contribution in [2.24, 2.45) is 0 Å². The van der Waals surface area contributed by atoms with Crippen molar-refractivity contribution in [3.05, 3.63) is 29.8 Å². The number of carbonyl (C=O) groups is 1. The fourth-order valence-electron chi connectivity index (χ4n) is 4.03. The van der Waals surface area contributed by atoms with Gasteiger partial charge >= 0.3 is 14.6 Å². The van der Waals surface area contributed by atoms with Crippen LogP contribution in [0, 0.1) is 0 Å². The van der Waals surface area contributed by atoms with Gasteiger partial charge in [0.25, 0.3) is 0 Å². The van der Waals surface area contributed by atoms with E-state index >= 15 is 0 Å². The summed E-state index contributed by atoms with van der Waals surface area (Å²) < 4.78 is 21.8. The molecular formula is C29H53NO6P+. The molecule has 0 bridgehead atoms. The Bertz CT molecular complexity index is 660. The van der Waals surface area contributed by atoms with Gasteiger partial charge in [-0.3, -0.25) is 4.79 Å². The van der Waals surface area contributed by atoms with Gasteiger partial charge in [0.1, 0.15) is 12.4 Å². The van der Waals surface area contributed by atoms with E-state index in [0.717, 1.165) is 38.1 Å². The minimum absolute atomic E-state index is 0.0161. The summed E-state index contributed by atoms with van der Waals surface area (Å²) in [7, 11) is -2.00. The van der Waals surface area contributed by atoms with Crippen LogP contribution in [-0.4, -0.2) is 49.9 Å². The van der Waals surface area contributed by atoms with Gasteiger partial charge in [-0.2, -0.15) is 0 Å². The SMILES string of the molecule is CCCCCCCCCCCCc1ccc(OCC(COP(O)OCCCC[NH2+]CC)OC(C)=O)cc1. The van der Waals surface area contributed by atoms with Crippen molar-refractivity contribution in [1.82, 2.24) is 0 Å². The number of nitrogens with two attached hydrogens (primary N) is 1. The Morgan fingerprint density at radius 3 is 2.14 bits per heavy atom. The van der Waals surface area contributed by atoms with Crippen LogP contribution >= 0.6 is 8.60 Å². The van der Waals surface area contributed by atoms with Gasteiger partial charge in [-0.05, 0) is 50.3 Å². The van der Waals surface area contributed by atoms with Crippen LogP contribution in [0.4, 0.5) is 0 Å². The standard InChI is InChI=1S/C29H52NO6P/c1-4-6-7-8-9-10-11-12-13-14-17-27-18-20-28(21-19-27)33-24-29(36-26(3)31)25-35-37(32)34-23-16-15-22-30-5-2/h18-21,29-30,32H,4-17,22-25H2,1-3H3/p+1. The summed E-state index contributed by atoms with van der Waals surface area (Å²) in [5, 5.41) is 2.23. The molecule has 0 aliphatic rings. The molecule has 0 radical (unpaired) electrons. The molecule has 0 heterocycles. The fourth-order valence-corrected chi connectivity index (χ4v) is 4.68. The average Bonchev–Trinajstić information content (AvgIpc) is 2.89. The smallest absolute Gasteiger partial charge is 0.329 e. The molecule has 1 rings (SSSR count). The van der Waals surface area contributed by atoms with Gasteiger partial charge in [-0.25, -0.2) is 0 Å². The van der Waals surface area contributed by atoms with E-state index in [4.69, 9.17) is 18.5 Å². The van der Waals surface area contributed by atoms with Crippen LogP contribution in [0.5, 0.6) is 5.75 Å². The Hall–Kier alpha value is -1.24. The van der Waals surface area contributed by atoms with Crippen molar-refractivity contribution < 1.29 is 33.5 Å². The lowest BCUT2D eigenvalue weighted by Gasteiger charge is -2.19. The highest BCUT2D eigenvalue weighted by Gasteiger charge is 2.17. The lowest BCUT2D eigenvalue weighted by atomic mass is 10.0. The first kappa shape index (κ1) is 33.8. The summed E-state index contributed by atoms with van der Waals surface area (Å²) in [5.41, 5.74) is 1.31. The summed E-state index contributed by atoms with van der Waals surface area (Å²) in [6.45, 7) is 8.46. The van der Waals surface area contributed by atoms with Gasteiger partial charge in [-0.15, -0.1) is 0 Å². The Kier molecular flexibility index (Phi) is 21.8. The zero-order valence-corrected chi connectivity index (χ0v) is 24.5. The van der Waals surface area contributed by atoms with Crippen LogP contribution in [0.1, 0.15) is 103 Å². The van der Waals surface area contributed by atoms with Crippen molar-refractivity contribution >= 4 is 14.6 Å². The molecule has 0 saturated heterocycles. The van der Waals surface area contributed by atoms with Crippen LogP contribution in [-0.2, 0) is 25.0 Å². The quantitative estimate of drug-likeness (QED) is 0.0885. The third-order valence-corrected chi connectivity index (χ3v) is 6.95. The summed E-state index contributed by atoms with van der Waals surface area (Å²) in [6.07, 6.45) is 15.8. The maximum Gasteiger partial charge on any atom is 0.329 e. The van der Waals surface area contributed by atoms with Crippen molar-refractivity contribution in [2.45, 2.75) is 110 Å². The van der Waals surface area contributed by atoms with E-state index in [0.29, 0.717) is 6.61 Å². The van der Waals surface area contributed by atoms with E-state index in [2.05, 4.69) is 31.3 Å². The number of hydrogen-bond acceptors (Lipinski definition) is 6. The van der Waals surface area contributed by atoms with Crippen molar-refractivity contribution in [1.29, 1.82) is 0 Å². The summed E-state index contributed by atoms with van der Waals surface area (Å²) in [6, 6.07) is 8.10. The number of hydrogen-bond donors (Lipinski definition) is 2. The molecule has 3 N–H and O–H groups in total. The third kappa shape index (κ3) is 20.4. The molecule has 1 aromatic rings. The molecule has 0 aliphatic heterocycles. The molecular weight excluding hydrogens is 489 g/mol. The third-order valence-electron chi connectivity index (χ3n) is 6.17. The Morgan fingerprint density at radius 1 is 0.865 bits per heavy atom. The van der Waals surface area contributed by atoms with E-state index in [1.807, 2.05) is 12.1 Å². The summed E-state index contributed by atoms with van der Waals surface area (Å²) in [4.78, 5) is 21.4. The highest BCUT2D eigenvalue weighted by molar-refractivity contribution is 7.40. The molecule has 0 aromatic heterocycles. The van der Waals surface area contributed by atoms with Gasteiger partial charge < -0.3 is 28.7 Å². The lowest BCUT2D eigenvalue weighted by Crippen LogP contribution is -2.83. The van der Waals surface area contributed by atoms with Crippen LogP contribution in [0.15, 0.2) is 24.3 Å². The molecule has 0 saturated carbocycles. The molecule has 2 unspecified atom stereocenters. The molecule has 37 heavy (non-hydrogen) atoms. The topological polar surface area (TPSA) is 90.8 Å². The summed E-state index contributed by atoms with van der Waals surface area (Å²) in [5.74, 6) is 0.301. The first-order valence-corrected chi connectivity index (χ1v) is 15.6. The van der Waals surface area contributed by atoms with Gasteiger partial charge in [-0.1, -0.05) is 76.8 Å². The zero-order valence-electron chi connectivity index (χ0n) is 23.6. The molecule has 8 heteroatoms. The molecule has 2 atom stereocenters. The maximum atomic E-state index is 11.5. The van der Waals surface area contributed by atoms with E-state index in [1.54, 1.807) is 0 Å². The largest absolute Gasteiger partial charge is 0.490 e. The maximum absolute atomic E-state index is 11.5. The second-order valence-electron chi connectivity index (χ2n) is 9.68. The average molecular weight is 543 g/mol. The minimum Gasteiger partial charge on any atom is -0.490 e. The fraction of sp³-hybridized carbons (Fsp3) is 0.759. The van der Waals surface area contributed by atoms with Crippen LogP contribution in [0.25, 0.3) is 0 Å². The van der Waals surface area contributed by atoms with Crippen molar-refractivity contribution in [3.8, 4) is 5.75 Å². The van der Waals surface area contributed by atoms with Gasteiger partial charge in [0.2, 0.25) is 0 Å². The van der Waals surface area contributed by atoms with Crippen molar-refractivity contribution in [3.63, 3.8) is 0 Å². The second kappa shape index (κ2) is 23.8. The number of quaternary nitrogens is 1. The Morgan fingerprint density at radius 2 is 1.51 bits per heavy atom. The highest BCUT2D eigenvalue weighted by atomic mass is 31.2. The zero-order chi connectivity index (χ0) is 27.0. The number of unbranched alkanes of at least 4 members (excludes halogenated alkanes) is 10. The normalized spacial score (nSPS) is 12.9. The monoisotopic (exact) mass is 542 g/mol. The Balaban J connectivity index is 2.22. The number of carbonyl (C=O) groups excluding carboxylic acids is 1. The Labute approximate surface area is 227 Å². The van der Waals surface area contributed by atoms with E-state index in [-0.39, 0.29) is 13.2 Å². The van der Waals surface area contributed by atoms with Crippen LogP contribution in [0.2, 0.25) is 0 Å². The molecule has 7 nitrogen and oxygen atoms in total. The van der Waals surface area contributed by atoms with E-state index in [1.165, 1.54) is 76.7 Å². The number of esters is 1. The summed E-state index contributed by atoms with van der Waals surface area (Å²) >= 11 is 0. The first-order valence-electron chi connectivity index (χ1n) is 14.5. The van der Waals surface area contributed by atoms with Crippen LogP contribution in [0.3, 0.4) is 0 Å². The number of aryl methyl sites for hydroxylation is 1. The first-order chi connectivity index (χ1) is 18.0. The molecule has 0 spiro atoms. The number of ether oxygens (including phenoxy) is 2. The molecule has 214 valence electrons. The van der Waals surface area contributed by atoms with Crippen molar-refractivity contribution in [2.75, 3.05) is 32.9 Å². The molecule has 0 amide bonds. The second-order valence-corrected chi connectivity index (χ2v) is 10.7. The molecule has 0 fully saturated rings. The van der Waals surface area contributed by atoms with Gasteiger partial charge in [0, 0.05) is 6.92 Å². The molecule has 0 aliphatic carbocycles. The predicted molar refractivity (Wildman–Crippen MR) is 151 cm³/mol. The van der Waals surface area contributed by atoms with E-state index < -0.39 is 20.7 Å². The predicted octanol–water partition coefficient (Wildman–Crippen LogP) is 6.08.